The Morgan fingerprint density at radius 2 is 1.95 bits per heavy atom. The molecule has 1 fully saturated rings. The third-order valence-electron chi connectivity index (χ3n) is 3.85. The molecule has 2 rings (SSSR count). The van der Waals surface area contributed by atoms with E-state index in [1.807, 2.05) is 0 Å². The van der Waals surface area contributed by atoms with E-state index in [9.17, 15) is 13.2 Å². The number of carbonyl (C=O) groups excluding carboxylic acids is 1. The summed E-state index contributed by atoms with van der Waals surface area (Å²) in [4.78, 5) is 12.4. The Hall–Kier alpha value is -1.40. The zero-order valence-electron chi connectivity index (χ0n) is 12.4. The quantitative estimate of drug-likeness (QED) is 0.873. The summed E-state index contributed by atoms with van der Waals surface area (Å²) in [6.07, 6.45) is 3.11. The number of nitrogens with one attached hydrogen (secondary N) is 2. The molecular formula is C15H22N2O3S. The van der Waals surface area contributed by atoms with Gasteiger partial charge in [0.25, 0.3) is 0 Å². The van der Waals surface area contributed by atoms with Crippen LogP contribution in [0.1, 0.15) is 25.3 Å². The Labute approximate surface area is 126 Å². The van der Waals surface area contributed by atoms with Gasteiger partial charge < -0.3 is 10.6 Å². The van der Waals surface area contributed by atoms with Gasteiger partial charge in [-0.25, -0.2) is 8.42 Å². The van der Waals surface area contributed by atoms with Crippen LogP contribution in [-0.2, 0) is 21.2 Å². The monoisotopic (exact) mass is 310 g/mol. The van der Waals surface area contributed by atoms with Crippen LogP contribution in [0.15, 0.2) is 29.2 Å². The van der Waals surface area contributed by atoms with Gasteiger partial charge in [-0.15, -0.1) is 0 Å². The molecule has 0 saturated carbocycles. The molecule has 1 saturated heterocycles. The molecule has 21 heavy (non-hydrogen) atoms. The Balaban J connectivity index is 1.87. The van der Waals surface area contributed by atoms with Crippen molar-refractivity contribution in [2.24, 2.45) is 5.92 Å². The minimum Gasteiger partial charge on any atom is -0.352 e. The van der Waals surface area contributed by atoms with Crippen molar-refractivity contribution in [1.29, 1.82) is 0 Å². The molecule has 1 aromatic rings. The van der Waals surface area contributed by atoms with Crippen molar-refractivity contribution >= 4 is 15.7 Å². The highest BCUT2D eigenvalue weighted by Crippen LogP contribution is 2.15. The molecule has 1 aromatic carbocycles. The third kappa shape index (κ3) is 4.54. The molecule has 0 aromatic heterocycles. The van der Waals surface area contributed by atoms with Crippen LogP contribution in [0.2, 0.25) is 0 Å². The maximum atomic E-state index is 12.1. The molecule has 2 N–H and O–H groups in total. The lowest BCUT2D eigenvalue weighted by Gasteiger charge is -2.26. The van der Waals surface area contributed by atoms with E-state index in [-0.39, 0.29) is 11.8 Å². The minimum atomic E-state index is -3.17. The van der Waals surface area contributed by atoms with Gasteiger partial charge in [-0.2, -0.15) is 0 Å². The van der Waals surface area contributed by atoms with E-state index in [2.05, 4.69) is 17.6 Å². The second-order valence-electron chi connectivity index (χ2n) is 5.72. The van der Waals surface area contributed by atoms with Crippen LogP contribution in [0.5, 0.6) is 0 Å². The van der Waals surface area contributed by atoms with Gasteiger partial charge in [0, 0.05) is 25.4 Å². The molecule has 1 heterocycles. The molecule has 2 unspecified atom stereocenters. The van der Waals surface area contributed by atoms with Crippen molar-refractivity contribution in [3.63, 3.8) is 0 Å². The number of benzene rings is 1. The Kier molecular flexibility index (Phi) is 5.00. The highest BCUT2D eigenvalue weighted by molar-refractivity contribution is 7.90. The summed E-state index contributed by atoms with van der Waals surface area (Å²) in [5.74, 6) is 0.0816. The molecule has 5 nitrogen and oxygen atoms in total. The number of hydrogen-bond acceptors (Lipinski definition) is 4. The van der Waals surface area contributed by atoms with Crippen LogP contribution in [0.3, 0.4) is 0 Å². The fourth-order valence-electron chi connectivity index (χ4n) is 2.41. The van der Waals surface area contributed by atoms with Crippen LogP contribution in [-0.4, -0.2) is 33.2 Å². The molecule has 0 bridgehead atoms. The van der Waals surface area contributed by atoms with Crippen molar-refractivity contribution < 1.29 is 13.2 Å². The molecular weight excluding hydrogens is 288 g/mol. The number of amides is 1. The maximum Gasteiger partial charge on any atom is 0.224 e. The summed E-state index contributed by atoms with van der Waals surface area (Å²) in [6.45, 7) is 3.27. The fourth-order valence-corrected chi connectivity index (χ4v) is 3.04. The molecule has 0 spiro atoms. The summed E-state index contributed by atoms with van der Waals surface area (Å²) >= 11 is 0. The van der Waals surface area contributed by atoms with Crippen LogP contribution in [0.4, 0.5) is 0 Å². The lowest BCUT2D eigenvalue weighted by Crippen LogP contribution is -2.43. The van der Waals surface area contributed by atoms with Crippen LogP contribution in [0, 0.1) is 5.92 Å². The zero-order valence-corrected chi connectivity index (χ0v) is 13.2. The van der Waals surface area contributed by atoms with Gasteiger partial charge in [0.2, 0.25) is 5.91 Å². The van der Waals surface area contributed by atoms with Gasteiger partial charge in [-0.1, -0.05) is 12.1 Å². The normalized spacial score (nSPS) is 22.8. The van der Waals surface area contributed by atoms with Crippen molar-refractivity contribution in [3.05, 3.63) is 29.8 Å². The second kappa shape index (κ2) is 6.58. The first kappa shape index (κ1) is 16.0. The van der Waals surface area contributed by atoms with Crippen LogP contribution in [0.25, 0.3) is 0 Å². The molecule has 0 radical (unpaired) electrons. The third-order valence-corrected chi connectivity index (χ3v) is 4.98. The van der Waals surface area contributed by atoms with E-state index in [4.69, 9.17) is 0 Å². The Morgan fingerprint density at radius 1 is 1.29 bits per heavy atom. The first-order chi connectivity index (χ1) is 9.86. The molecule has 1 aliphatic heterocycles. The van der Waals surface area contributed by atoms with E-state index >= 15 is 0 Å². The lowest BCUT2D eigenvalue weighted by atomic mass is 9.95. The van der Waals surface area contributed by atoms with Gasteiger partial charge in [-0.3, -0.25) is 4.79 Å². The standard InChI is InChI=1S/C15H22N2O3S/c1-11-3-6-13(10-16-11)15(18)17-9-12-4-7-14(8-5-12)21(2,19)20/h4-5,7-8,11,13,16H,3,6,9-10H2,1-2H3,(H,17,18). The Bertz CT molecular complexity index is 588. The summed E-state index contributed by atoms with van der Waals surface area (Å²) in [6, 6.07) is 7.09. The van der Waals surface area contributed by atoms with E-state index < -0.39 is 9.84 Å². The highest BCUT2D eigenvalue weighted by Gasteiger charge is 2.23. The molecule has 0 aliphatic carbocycles. The molecule has 2 atom stereocenters. The largest absolute Gasteiger partial charge is 0.352 e. The SMILES string of the molecule is CC1CCC(C(=O)NCc2ccc(S(C)(=O)=O)cc2)CN1. The highest BCUT2D eigenvalue weighted by atomic mass is 32.2. The maximum absolute atomic E-state index is 12.1. The summed E-state index contributed by atoms with van der Waals surface area (Å²) in [7, 11) is -3.17. The van der Waals surface area contributed by atoms with E-state index in [0.717, 1.165) is 24.9 Å². The van der Waals surface area contributed by atoms with Crippen molar-refractivity contribution in [3.8, 4) is 0 Å². The van der Waals surface area contributed by atoms with Gasteiger partial charge in [-0.05, 0) is 37.5 Å². The first-order valence-electron chi connectivity index (χ1n) is 7.16. The average molecular weight is 310 g/mol. The Morgan fingerprint density at radius 3 is 2.48 bits per heavy atom. The van der Waals surface area contributed by atoms with Crippen molar-refractivity contribution in [1.82, 2.24) is 10.6 Å². The van der Waals surface area contributed by atoms with Gasteiger partial charge in [0.15, 0.2) is 9.84 Å². The van der Waals surface area contributed by atoms with Gasteiger partial charge in [0.1, 0.15) is 0 Å². The minimum absolute atomic E-state index is 0.0245. The predicted molar refractivity (Wildman–Crippen MR) is 81.6 cm³/mol. The zero-order chi connectivity index (χ0) is 15.5. The summed E-state index contributed by atoms with van der Waals surface area (Å²) < 4.78 is 22.7. The van der Waals surface area contributed by atoms with Crippen LogP contribution < -0.4 is 10.6 Å². The van der Waals surface area contributed by atoms with E-state index in [1.165, 1.54) is 6.26 Å². The number of hydrogen-bond donors (Lipinski definition) is 2. The first-order valence-corrected chi connectivity index (χ1v) is 9.05. The number of sulfone groups is 1. The topological polar surface area (TPSA) is 75.3 Å². The second-order valence-corrected chi connectivity index (χ2v) is 7.73. The summed E-state index contributed by atoms with van der Waals surface area (Å²) in [5, 5.41) is 6.22. The van der Waals surface area contributed by atoms with Crippen molar-refractivity contribution in [2.75, 3.05) is 12.8 Å². The average Bonchev–Trinajstić information content (AvgIpc) is 2.45. The number of rotatable bonds is 4. The fraction of sp³-hybridized carbons (Fsp3) is 0.533. The molecule has 1 aliphatic rings. The smallest absolute Gasteiger partial charge is 0.224 e. The van der Waals surface area contributed by atoms with Gasteiger partial charge in [0.05, 0.1) is 10.8 Å². The lowest BCUT2D eigenvalue weighted by molar-refractivity contribution is -0.125. The molecule has 1 amide bonds. The molecule has 6 heteroatoms. The van der Waals surface area contributed by atoms with Gasteiger partial charge >= 0.3 is 0 Å². The predicted octanol–water partition coefficient (Wildman–Crippen LogP) is 1.09. The molecule has 116 valence electrons. The van der Waals surface area contributed by atoms with Crippen molar-refractivity contribution in [2.45, 2.75) is 37.2 Å². The number of piperidine rings is 1. The van der Waals surface area contributed by atoms with Crippen LogP contribution >= 0.6 is 0 Å². The summed E-state index contributed by atoms with van der Waals surface area (Å²) in [5.41, 5.74) is 0.896. The van der Waals surface area contributed by atoms with E-state index in [0.29, 0.717) is 17.5 Å². The number of carbonyl (C=O) groups is 1. The van der Waals surface area contributed by atoms with E-state index in [1.54, 1.807) is 24.3 Å².